The molecule has 106 valence electrons. The van der Waals surface area contributed by atoms with Crippen LogP contribution >= 0.6 is 0 Å². The van der Waals surface area contributed by atoms with Crippen LogP contribution in [0.2, 0.25) is 0 Å². The normalized spacial score (nSPS) is 12.2. The topological polar surface area (TPSA) is 23.5 Å². The zero-order valence-corrected chi connectivity index (χ0v) is 11.9. The zero-order valence-electron chi connectivity index (χ0n) is 11.9. The molecule has 2 aromatic carbocycles. The summed E-state index contributed by atoms with van der Waals surface area (Å²) in [4.78, 5) is 2.10. The van der Waals surface area contributed by atoms with Crippen LogP contribution in [0.4, 0.5) is 15.8 Å². The average molecular weight is 273 g/mol. The largest absolute Gasteiger partial charge is 0.388 e. The molecule has 1 unspecified atom stereocenters. The van der Waals surface area contributed by atoms with Crippen molar-refractivity contribution in [3.05, 3.63) is 59.9 Å². The van der Waals surface area contributed by atoms with Crippen molar-refractivity contribution < 1.29 is 9.50 Å². The molecule has 0 heterocycles. The SMILES string of the molecule is CCC(O)c1ccc(N(CC)c2ccc(F)cc2)cc1. The maximum absolute atomic E-state index is 13.0. The summed E-state index contributed by atoms with van der Waals surface area (Å²) in [5.74, 6) is -0.230. The summed E-state index contributed by atoms with van der Waals surface area (Å²) in [5.41, 5.74) is 2.91. The van der Waals surface area contributed by atoms with Crippen molar-refractivity contribution in [1.29, 1.82) is 0 Å². The van der Waals surface area contributed by atoms with Crippen LogP contribution in [0.1, 0.15) is 31.9 Å². The fourth-order valence-electron chi connectivity index (χ4n) is 2.25. The Kier molecular flexibility index (Phi) is 4.74. The van der Waals surface area contributed by atoms with Gasteiger partial charge in [0.15, 0.2) is 0 Å². The number of aliphatic hydroxyl groups excluding tert-OH is 1. The van der Waals surface area contributed by atoms with Gasteiger partial charge in [0.05, 0.1) is 6.10 Å². The Hall–Kier alpha value is -1.87. The smallest absolute Gasteiger partial charge is 0.123 e. The first-order valence-electron chi connectivity index (χ1n) is 6.96. The van der Waals surface area contributed by atoms with E-state index < -0.39 is 6.10 Å². The minimum atomic E-state index is -0.412. The van der Waals surface area contributed by atoms with Crippen LogP contribution in [0.5, 0.6) is 0 Å². The summed E-state index contributed by atoms with van der Waals surface area (Å²) in [6.45, 7) is 4.80. The van der Waals surface area contributed by atoms with E-state index in [0.29, 0.717) is 6.42 Å². The number of rotatable bonds is 5. The Bertz CT molecular complexity index is 536. The molecule has 0 fully saturated rings. The zero-order chi connectivity index (χ0) is 14.5. The van der Waals surface area contributed by atoms with Crippen molar-refractivity contribution in [3.63, 3.8) is 0 Å². The second kappa shape index (κ2) is 6.53. The van der Waals surface area contributed by atoms with Gasteiger partial charge in [-0.2, -0.15) is 0 Å². The van der Waals surface area contributed by atoms with Gasteiger partial charge >= 0.3 is 0 Å². The standard InChI is InChI=1S/C17H20FNO/c1-3-17(20)13-5-9-15(10-6-13)19(4-2)16-11-7-14(18)8-12-16/h5-12,17,20H,3-4H2,1-2H3. The maximum Gasteiger partial charge on any atom is 0.123 e. The number of halogens is 1. The lowest BCUT2D eigenvalue weighted by Crippen LogP contribution is -2.15. The first-order valence-corrected chi connectivity index (χ1v) is 6.96. The van der Waals surface area contributed by atoms with E-state index in [4.69, 9.17) is 0 Å². The van der Waals surface area contributed by atoms with Crippen LogP contribution in [0.15, 0.2) is 48.5 Å². The quantitative estimate of drug-likeness (QED) is 0.871. The molecule has 0 radical (unpaired) electrons. The lowest BCUT2D eigenvalue weighted by molar-refractivity contribution is 0.173. The van der Waals surface area contributed by atoms with Crippen LogP contribution in [0.3, 0.4) is 0 Å². The van der Waals surface area contributed by atoms with Gasteiger partial charge in [0, 0.05) is 17.9 Å². The number of hydrogen-bond donors (Lipinski definition) is 1. The van der Waals surface area contributed by atoms with Gasteiger partial charge < -0.3 is 10.0 Å². The third kappa shape index (κ3) is 3.17. The van der Waals surface area contributed by atoms with Crippen LogP contribution in [0.25, 0.3) is 0 Å². The van der Waals surface area contributed by atoms with E-state index in [-0.39, 0.29) is 5.82 Å². The lowest BCUT2D eigenvalue weighted by Gasteiger charge is -2.24. The van der Waals surface area contributed by atoms with Crippen LogP contribution < -0.4 is 4.90 Å². The fourth-order valence-corrected chi connectivity index (χ4v) is 2.25. The van der Waals surface area contributed by atoms with Crippen molar-refractivity contribution in [2.75, 3.05) is 11.4 Å². The van der Waals surface area contributed by atoms with Gasteiger partial charge in [0.2, 0.25) is 0 Å². The molecule has 0 aliphatic carbocycles. The van der Waals surface area contributed by atoms with Crippen LogP contribution in [-0.4, -0.2) is 11.7 Å². The molecule has 20 heavy (non-hydrogen) atoms. The molecular formula is C17H20FNO. The van der Waals surface area contributed by atoms with Gasteiger partial charge in [-0.3, -0.25) is 0 Å². The first kappa shape index (κ1) is 14.5. The molecule has 0 aliphatic rings. The predicted octanol–water partition coefficient (Wildman–Crippen LogP) is 4.43. The highest BCUT2D eigenvalue weighted by Gasteiger charge is 2.09. The van der Waals surface area contributed by atoms with Crippen molar-refractivity contribution in [3.8, 4) is 0 Å². The summed E-state index contributed by atoms with van der Waals surface area (Å²) in [6.07, 6.45) is 0.291. The number of anilines is 2. The average Bonchev–Trinajstić information content (AvgIpc) is 2.50. The Labute approximate surface area is 119 Å². The van der Waals surface area contributed by atoms with Crippen molar-refractivity contribution >= 4 is 11.4 Å². The summed E-state index contributed by atoms with van der Waals surface area (Å²) in [5, 5.41) is 9.81. The molecule has 2 rings (SSSR count). The van der Waals surface area contributed by atoms with Gasteiger partial charge in [-0.1, -0.05) is 19.1 Å². The Morgan fingerprint density at radius 2 is 1.45 bits per heavy atom. The maximum atomic E-state index is 13.0. The van der Waals surface area contributed by atoms with Crippen LogP contribution in [0, 0.1) is 5.82 Å². The van der Waals surface area contributed by atoms with E-state index in [1.165, 1.54) is 12.1 Å². The Balaban J connectivity index is 2.25. The molecule has 0 spiro atoms. The first-order chi connectivity index (χ1) is 9.65. The van der Waals surface area contributed by atoms with E-state index >= 15 is 0 Å². The highest BCUT2D eigenvalue weighted by atomic mass is 19.1. The molecule has 2 nitrogen and oxygen atoms in total. The highest BCUT2D eigenvalue weighted by Crippen LogP contribution is 2.27. The number of nitrogens with zero attached hydrogens (tertiary/aromatic N) is 1. The molecular weight excluding hydrogens is 253 g/mol. The number of aliphatic hydroxyl groups is 1. The molecule has 2 aromatic rings. The summed E-state index contributed by atoms with van der Waals surface area (Å²) in [6, 6.07) is 14.3. The summed E-state index contributed by atoms with van der Waals surface area (Å²) in [7, 11) is 0. The number of hydrogen-bond acceptors (Lipinski definition) is 2. The van der Waals surface area contributed by atoms with Crippen molar-refractivity contribution in [2.45, 2.75) is 26.4 Å². The molecule has 0 amide bonds. The predicted molar refractivity (Wildman–Crippen MR) is 80.8 cm³/mol. The lowest BCUT2D eigenvalue weighted by atomic mass is 10.1. The van der Waals surface area contributed by atoms with Gasteiger partial charge in [-0.25, -0.2) is 4.39 Å². The van der Waals surface area contributed by atoms with E-state index in [9.17, 15) is 9.50 Å². The van der Waals surface area contributed by atoms with Gasteiger partial charge in [-0.05, 0) is 55.3 Å². The third-order valence-corrected chi connectivity index (χ3v) is 3.43. The van der Waals surface area contributed by atoms with E-state index in [0.717, 1.165) is 23.5 Å². The Morgan fingerprint density at radius 1 is 0.950 bits per heavy atom. The van der Waals surface area contributed by atoms with E-state index in [1.807, 2.05) is 31.2 Å². The third-order valence-electron chi connectivity index (χ3n) is 3.43. The fraction of sp³-hybridized carbons (Fsp3) is 0.294. The number of benzene rings is 2. The van der Waals surface area contributed by atoms with E-state index in [2.05, 4.69) is 11.8 Å². The molecule has 0 saturated heterocycles. The highest BCUT2D eigenvalue weighted by molar-refractivity contribution is 5.63. The molecule has 3 heteroatoms. The minimum absolute atomic E-state index is 0.230. The second-order valence-electron chi connectivity index (χ2n) is 4.74. The minimum Gasteiger partial charge on any atom is -0.388 e. The molecule has 1 N–H and O–H groups in total. The van der Waals surface area contributed by atoms with Crippen LogP contribution in [-0.2, 0) is 0 Å². The molecule has 0 aromatic heterocycles. The summed E-state index contributed by atoms with van der Waals surface area (Å²) < 4.78 is 13.0. The van der Waals surface area contributed by atoms with Gasteiger partial charge in [0.1, 0.15) is 5.82 Å². The molecule has 1 atom stereocenters. The van der Waals surface area contributed by atoms with Crippen molar-refractivity contribution in [1.82, 2.24) is 0 Å². The molecule has 0 aliphatic heterocycles. The Morgan fingerprint density at radius 3 is 1.90 bits per heavy atom. The van der Waals surface area contributed by atoms with Crippen molar-refractivity contribution in [2.24, 2.45) is 0 Å². The van der Waals surface area contributed by atoms with Gasteiger partial charge in [-0.15, -0.1) is 0 Å². The molecule has 0 saturated carbocycles. The monoisotopic (exact) mass is 273 g/mol. The van der Waals surface area contributed by atoms with Gasteiger partial charge in [0.25, 0.3) is 0 Å². The summed E-state index contributed by atoms with van der Waals surface area (Å²) >= 11 is 0. The van der Waals surface area contributed by atoms with E-state index in [1.54, 1.807) is 12.1 Å². The second-order valence-corrected chi connectivity index (χ2v) is 4.74. The molecule has 0 bridgehead atoms.